The smallest absolute Gasteiger partial charge is 0.416 e. The highest BCUT2D eigenvalue weighted by molar-refractivity contribution is 9.10. The Balaban J connectivity index is 1.58. The number of carbonyl (C=O) groups excluding carboxylic acids is 1. The number of alkyl halides is 3. The molecule has 0 aliphatic heterocycles. The van der Waals surface area contributed by atoms with Gasteiger partial charge >= 0.3 is 6.18 Å². The van der Waals surface area contributed by atoms with Crippen LogP contribution in [0.15, 0.2) is 68.8 Å². The van der Waals surface area contributed by atoms with E-state index in [9.17, 15) is 18.0 Å². The van der Waals surface area contributed by atoms with E-state index in [-0.39, 0.29) is 11.4 Å². The van der Waals surface area contributed by atoms with Crippen molar-refractivity contribution in [2.75, 3.05) is 11.1 Å². The molecule has 1 aromatic heterocycles. The minimum Gasteiger partial charge on any atom is -0.431 e. The van der Waals surface area contributed by atoms with Gasteiger partial charge in [0.1, 0.15) is 0 Å². The maximum atomic E-state index is 12.7. The summed E-state index contributed by atoms with van der Waals surface area (Å²) in [6.07, 6.45) is -2.91. The monoisotopic (exact) mass is 456 g/mol. The Morgan fingerprint density at radius 2 is 1.93 bits per heavy atom. The second-order valence-electron chi connectivity index (χ2n) is 5.41. The van der Waals surface area contributed by atoms with Crippen molar-refractivity contribution in [2.45, 2.75) is 11.4 Å². The van der Waals surface area contributed by atoms with Crippen LogP contribution in [0, 0.1) is 0 Å². The van der Waals surface area contributed by atoms with Gasteiger partial charge in [-0.2, -0.15) is 13.2 Å². The molecule has 4 nitrogen and oxygen atoms in total. The van der Waals surface area contributed by atoms with Crippen LogP contribution < -0.4 is 5.32 Å². The molecule has 1 heterocycles. The molecule has 9 heteroatoms. The topological polar surface area (TPSA) is 55.1 Å². The number of anilines is 1. The van der Waals surface area contributed by atoms with Crippen LogP contribution in [0.2, 0.25) is 0 Å². The van der Waals surface area contributed by atoms with Crippen LogP contribution in [0.4, 0.5) is 18.9 Å². The normalized spacial score (nSPS) is 11.4. The van der Waals surface area contributed by atoms with E-state index in [0.717, 1.165) is 33.9 Å². The summed E-state index contributed by atoms with van der Waals surface area (Å²) >= 11 is 4.40. The average Bonchev–Trinajstić information content (AvgIpc) is 3.09. The molecule has 140 valence electrons. The highest BCUT2D eigenvalue weighted by atomic mass is 79.9. The van der Waals surface area contributed by atoms with E-state index in [1.165, 1.54) is 12.1 Å². The van der Waals surface area contributed by atoms with E-state index in [2.05, 4.69) is 26.2 Å². The van der Waals surface area contributed by atoms with Crippen molar-refractivity contribution in [3.05, 3.63) is 64.8 Å². The largest absolute Gasteiger partial charge is 0.431 e. The molecule has 0 aliphatic carbocycles. The van der Waals surface area contributed by atoms with E-state index in [1.54, 1.807) is 6.20 Å². The molecule has 0 aliphatic rings. The fourth-order valence-corrected chi connectivity index (χ4v) is 3.04. The van der Waals surface area contributed by atoms with Gasteiger partial charge < -0.3 is 9.73 Å². The second-order valence-corrected chi connectivity index (χ2v) is 7.25. The van der Waals surface area contributed by atoms with Gasteiger partial charge in [-0.15, -0.1) is 0 Å². The van der Waals surface area contributed by atoms with Crippen molar-refractivity contribution in [3.8, 4) is 11.3 Å². The molecule has 0 atom stereocenters. The van der Waals surface area contributed by atoms with Crippen LogP contribution in [-0.2, 0) is 11.0 Å². The number of amides is 1. The molecule has 0 fully saturated rings. The lowest BCUT2D eigenvalue weighted by Gasteiger charge is -2.09. The fourth-order valence-electron chi connectivity index (χ4n) is 2.17. The Bertz CT molecular complexity index is 942. The van der Waals surface area contributed by atoms with Crippen LogP contribution in [-0.4, -0.2) is 16.6 Å². The summed E-state index contributed by atoms with van der Waals surface area (Å²) in [6, 6.07) is 11.9. The number of benzene rings is 2. The van der Waals surface area contributed by atoms with Crippen LogP contribution >= 0.6 is 27.7 Å². The van der Waals surface area contributed by atoms with Crippen molar-refractivity contribution in [1.82, 2.24) is 4.98 Å². The summed E-state index contributed by atoms with van der Waals surface area (Å²) in [4.78, 5) is 16.1. The molecule has 0 unspecified atom stereocenters. The Kier molecular flexibility index (Phi) is 5.91. The number of rotatable bonds is 5. The number of nitrogens with zero attached hydrogens (tertiary/aromatic N) is 1. The maximum Gasteiger partial charge on any atom is 0.416 e. The van der Waals surface area contributed by atoms with Crippen LogP contribution in [0.1, 0.15) is 5.56 Å². The fraction of sp³-hybridized carbons (Fsp3) is 0.111. The molecule has 0 bridgehead atoms. The van der Waals surface area contributed by atoms with Crippen molar-refractivity contribution in [2.24, 2.45) is 0 Å². The number of oxazole rings is 1. The van der Waals surface area contributed by atoms with Gasteiger partial charge in [-0.1, -0.05) is 45.9 Å². The number of nitrogens with one attached hydrogen (secondary N) is 1. The Morgan fingerprint density at radius 3 is 2.63 bits per heavy atom. The highest BCUT2D eigenvalue weighted by Gasteiger charge is 2.30. The second kappa shape index (κ2) is 8.18. The van der Waals surface area contributed by atoms with Crippen molar-refractivity contribution >= 4 is 39.3 Å². The van der Waals surface area contributed by atoms with Crippen LogP contribution in [0.5, 0.6) is 0 Å². The first-order valence-corrected chi connectivity index (χ1v) is 9.41. The predicted octanol–water partition coefficient (Wildman–Crippen LogP) is 5.85. The molecule has 0 spiro atoms. The molecule has 27 heavy (non-hydrogen) atoms. The molecule has 3 aromatic rings. The first kappa shape index (κ1) is 19.5. The zero-order chi connectivity index (χ0) is 19.4. The van der Waals surface area contributed by atoms with Crippen molar-refractivity contribution < 1.29 is 22.4 Å². The number of halogens is 4. The first-order valence-electron chi connectivity index (χ1n) is 7.63. The van der Waals surface area contributed by atoms with Gasteiger partial charge in [-0.3, -0.25) is 4.79 Å². The molecule has 0 saturated carbocycles. The zero-order valence-corrected chi connectivity index (χ0v) is 16.0. The third kappa shape index (κ3) is 5.36. The van der Waals surface area contributed by atoms with Gasteiger partial charge in [0.05, 0.1) is 17.5 Å². The summed E-state index contributed by atoms with van der Waals surface area (Å²) in [5, 5.41) is 2.73. The molecule has 1 amide bonds. The van der Waals surface area contributed by atoms with E-state index in [4.69, 9.17) is 4.42 Å². The van der Waals surface area contributed by atoms with E-state index >= 15 is 0 Å². The Labute approximate surface area is 165 Å². The lowest BCUT2D eigenvalue weighted by atomic mass is 10.2. The summed E-state index contributed by atoms with van der Waals surface area (Å²) in [6.45, 7) is 0. The quantitative estimate of drug-likeness (QED) is 0.489. The SMILES string of the molecule is O=C(CSc1ncc(-c2ccc(Br)cc2)o1)Nc1cccc(C(F)(F)F)c1. The molecular formula is C18H12BrF3N2O2S. The number of hydrogen-bond acceptors (Lipinski definition) is 4. The minimum atomic E-state index is -4.46. The minimum absolute atomic E-state index is 0.0451. The van der Waals surface area contributed by atoms with Gasteiger partial charge in [0.15, 0.2) is 5.76 Å². The maximum absolute atomic E-state index is 12.7. The third-order valence-electron chi connectivity index (χ3n) is 3.41. The van der Waals surface area contributed by atoms with Crippen molar-refractivity contribution in [1.29, 1.82) is 0 Å². The van der Waals surface area contributed by atoms with E-state index in [0.29, 0.717) is 11.0 Å². The summed E-state index contributed by atoms with van der Waals surface area (Å²) in [5.41, 5.74) is 0.101. The molecule has 2 aromatic carbocycles. The zero-order valence-electron chi connectivity index (χ0n) is 13.6. The lowest BCUT2D eigenvalue weighted by molar-refractivity contribution is -0.137. The highest BCUT2D eigenvalue weighted by Crippen LogP contribution is 2.31. The number of carbonyl (C=O) groups is 1. The molecular weight excluding hydrogens is 445 g/mol. The summed E-state index contributed by atoms with van der Waals surface area (Å²) in [7, 11) is 0. The van der Waals surface area contributed by atoms with E-state index in [1.807, 2.05) is 24.3 Å². The molecule has 0 radical (unpaired) electrons. The average molecular weight is 457 g/mol. The Morgan fingerprint density at radius 1 is 1.19 bits per heavy atom. The van der Waals surface area contributed by atoms with Crippen LogP contribution in [0.25, 0.3) is 11.3 Å². The summed E-state index contributed by atoms with van der Waals surface area (Å²) in [5.74, 6) is 0.0577. The number of aromatic nitrogens is 1. The standard InChI is InChI=1S/C18H12BrF3N2O2S/c19-13-6-4-11(5-7-13)15-9-23-17(26-15)27-10-16(25)24-14-3-1-2-12(8-14)18(20,21)22/h1-9H,10H2,(H,24,25). The van der Waals surface area contributed by atoms with Gasteiger partial charge in [0.25, 0.3) is 5.22 Å². The van der Waals surface area contributed by atoms with Gasteiger partial charge in [0.2, 0.25) is 5.91 Å². The van der Waals surface area contributed by atoms with E-state index < -0.39 is 17.6 Å². The van der Waals surface area contributed by atoms with Gasteiger partial charge in [0, 0.05) is 15.7 Å². The predicted molar refractivity (Wildman–Crippen MR) is 100 cm³/mol. The summed E-state index contributed by atoms with van der Waals surface area (Å²) < 4.78 is 44.6. The van der Waals surface area contributed by atoms with Gasteiger partial charge in [-0.25, -0.2) is 4.98 Å². The first-order chi connectivity index (χ1) is 12.8. The molecule has 3 rings (SSSR count). The van der Waals surface area contributed by atoms with Crippen molar-refractivity contribution in [3.63, 3.8) is 0 Å². The molecule has 0 saturated heterocycles. The van der Waals surface area contributed by atoms with Crippen LogP contribution in [0.3, 0.4) is 0 Å². The Hall–Kier alpha value is -2.26. The molecule has 1 N–H and O–H groups in total. The third-order valence-corrected chi connectivity index (χ3v) is 4.78. The number of thioether (sulfide) groups is 1. The van der Waals surface area contributed by atoms with Gasteiger partial charge in [-0.05, 0) is 30.3 Å². The number of hydrogen-bond donors (Lipinski definition) is 1. The lowest BCUT2D eigenvalue weighted by Crippen LogP contribution is -2.15.